The molecule has 0 amide bonds. The highest BCUT2D eigenvalue weighted by atomic mass is 15.3. The van der Waals surface area contributed by atoms with Crippen LogP contribution in [0.25, 0.3) is 0 Å². The molecule has 1 saturated heterocycles. The molecular weight excluding hydrogens is 138 g/mol. The number of nitrogens with one attached hydrogen (secondary N) is 1. The predicted molar refractivity (Wildman–Crippen MR) is 43.2 cm³/mol. The number of nitrogens with zero attached hydrogens (tertiary/aromatic N) is 2. The van der Waals surface area contributed by atoms with Crippen molar-refractivity contribution in [3.63, 3.8) is 0 Å². The second-order valence-corrected chi connectivity index (χ2v) is 3.06. The molecule has 1 atom stereocenters. The summed E-state index contributed by atoms with van der Waals surface area (Å²) in [5.41, 5.74) is 1.19. The number of rotatable bonds is 1. The molecule has 0 radical (unpaired) electrons. The van der Waals surface area contributed by atoms with Crippen molar-refractivity contribution >= 4 is 0 Å². The summed E-state index contributed by atoms with van der Waals surface area (Å²) in [5.74, 6) is 0. The maximum atomic E-state index is 4.35. The molecule has 11 heavy (non-hydrogen) atoms. The minimum atomic E-state index is 0.510. The van der Waals surface area contributed by atoms with Gasteiger partial charge in [-0.3, -0.25) is 4.68 Å². The number of aromatic nitrogens is 2. The molecule has 2 rings (SSSR count). The summed E-state index contributed by atoms with van der Waals surface area (Å²) in [7, 11) is 1.96. The fraction of sp³-hybridized carbons (Fsp3) is 0.625. The summed E-state index contributed by atoms with van der Waals surface area (Å²) >= 11 is 0. The molecule has 1 aromatic rings. The first kappa shape index (κ1) is 6.85. The molecule has 0 spiro atoms. The molecule has 1 aliphatic heterocycles. The van der Waals surface area contributed by atoms with Crippen molar-refractivity contribution in [2.45, 2.75) is 18.9 Å². The molecule has 3 nitrogen and oxygen atoms in total. The van der Waals surface area contributed by atoms with E-state index in [0.29, 0.717) is 6.04 Å². The maximum Gasteiger partial charge on any atom is 0.0793 e. The van der Waals surface area contributed by atoms with Crippen molar-refractivity contribution < 1.29 is 0 Å². The molecule has 0 bridgehead atoms. The molecule has 1 unspecified atom stereocenters. The summed E-state index contributed by atoms with van der Waals surface area (Å²) in [6.07, 6.45) is 4.51. The average Bonchev–Trinajstić information content (AvgIpc) is 2.55. The third-order valence-corrected chi connectivity index (χ3v) is 2.15. The first-order valence-corrected chi connectivity index (χ1v) is 4.09. The summed E-state index contributed by atoms with van der Waals surface area (Å²) in [5, 5.41) is 7.76. The fourth-order valence-corrected chi connectivity index (χ4v) is 1.56. The lowest BCUT2D eigenvalue weighted by Crippen LogP contribution is -2.13. The fourth-order valence-electron chi connectivity index (χ4n) is 1.56. The van der Waals surface area contributed by atoms with Crippen molar-refractivity contribution in [3.8, 4) is 0 Å². The van der Waals surface area contributed by atoms with Gasteiger partial charge in [0, 0.05) is 13.2 Å². The topological polar surface area (TPSA) is 29.9 Å². The lowest BCUT2D eigenvalue weighted by molar-refractivity contribution is 0.607. The van der Waals surface area contributed by atoms with Crippen molar-refractivity contribution in [1.29, 1.82) is 0 Å². The van der Waals surface area contributed by atoms with Crippen LogP contribution >= 0.6 is 0 Å². The lowest BCUT2D eigenvalue weighted by atomic mass is 10.2. The minimum Gasteiger partial charge on any atom is -0.309 e. The van der Waals surface area contributed by atoms with Crippen LogP contribution in [0.4, 0.5) is 0 Å². The van der Waals surface area contributed by atoms with Gasteiger partial charge in [-0.25, -0.2) is 0 Å². The third-order valence-electron chi connectivity index (χ3n) is 2.15. The minimum absolute atomic E-state index is 0.510. The van der Waals surface area contributed by atoms with Crippen molar-refractivity contribution in [3.05, 3.63) is 18.0 Å². The van der Waals surface area contributed by atoms with Gasteiger partial charge in [0.15, 0.2) is 0 Å². The number of aryl methyl sites for hydroxylation is 1. The van der Waals surface area contributed by atoms with Crippen LogP contribution in [0.2, 0.25) is 0 Å². The Hall–Kier alpha value is -0.830. The van der Waals surface area contributed by atoms with E-state index in [1.165, 1.54) is 18.5 Å². The molecule has 0 aromatic carbocycles. The zero-order chi connectivity index (χ0) is 7.68. The Labute approximate surface area is 66.4 Å². The van der Waals surface area contributed by atoms with E-state index in [4.69, 9.17) is 0 Å². The Morgan fingerprint density at radius 1 is 1.73 bits per heavy atom. The van der Waals surface area contributed by atoms with Crippen molar-refractivity contribution in [2.75, 3.05) is 6.54 Å². The number of hydrogen-bond donors (Lipinski definition) is 1. The van der Waals surface area contributed by atoms with Crippen LogP contribution in [0.3, 0.4) is 0 Å². The van der Waals surface area contributed by atoms with Gasteiger partial charge >= 0.3 is 0 Å². The molecule has 3 heteroatoms. The smallest absolute Gasteiger partial charge is 0.0793 e. The molecular formula is C8H13N3. The largest absolute Gasteiger partial charge is 0.309 e. The van der Waals surface area contributed by atoms with Crippen LogP contribution in [0, 0.1) is 0 Å². The van der Waals surface area contributed by atoms with E-state index in [1.54, 1.807) is 0 Å². The Bertz CT molecular complexity index is 235. The van der Waals surface area contributed by atoms with Gasteiger partial charge in [0.1, 0.15) is 0 Å². The molecule has 0 saturated carbocycles. The Morgan fingerprint density at radius 2 is 2.64 bits per heavy atom. The van der Waals surface area contributed by atoms with E-state index in [1.807, 2.05) is 17.9 Å². The predicted octanol–water partition coefficient (Wildman–Crippen LogP) is 0.845. The van der Waals surface area contributed by atoms with Gasteiger partial charge in [0.25, 0.3) is 0 Å². The molecule has 1 N–H and O–H groups in total. The Kier molecular flexibility index (Phi) is 1.66. The third kappa shape index (κ3) is 1.28. The average molecular weight is 151 g/mol. The van der Waals surface area contributed by atoms with Crippen LogP contribution in [0.1, 0.15) is 24.6 Å². The molecule has 60 valence electrons. The first-order valence-electron chi connectivity index (χ1n) is 4.09. The normalized spacial score (nSPS) is 24.3. The molecule has 1 aromatic heterocycles. The summed E-state index contributed by atoms with van der Waals surface area (Å²) in [4.78, 5) is 0. The second kappa shape index (κ2) is 2.66. The van der Waals surface area contributed by atoms with Crippen LogP contribution in [-0.4, -0.2) is 16.3 Å². The van der Waals surface area contributed by atoms with Crippen LogP contribution in [-0.2, 0) is 7.05 Å². The summed E-state index contributed by atoms with van der Waals surface area (Å²) in [6.45, 7) is 1.14. The van der Waals surface area contributed by atoms with Crippen molar-refractivity contribution in [2.24, 2.45) is 7.05 Å². The molecule has 1 fully saturated rings. The van der Waals surface area contributed by atoms with E-state index in [-0.39, 0.29) is 0 Å². The Morgan fingerprint density at radius 3 is 3.18 bits per heavy atom. The highest BCUT2D eigenvalue weighted by Crippen LogP contribution is 2.20. The quantitative estimate of drug-likeness (QED) is 0.644. The molecule has 1 aliphatic rings. The van der Waals surface area contributed by atoms with Crippen molar-refractivity contribution in [1.82, 2.24) is 15.1 Å². The zero-order valence-corrected chi connectivity index (χ0v) is 6.75. The highest BCUT2D eigenvalue weighted by molar-refractivity contribution is 5.06. The maximum absolute atomic E-state index is 4.35. The van der Waals surface area contributed by atoms with Gasteiger partial charge in [0.05, 0.1) is 11.7 Å². The van der Waals surface area contributed by atoms with E-state index in [9.17, 15) is 0 Å². The van der Waals surface area contributed by atoms with E-state index in [2.05, 4.69) is 16.5 Å². The summed E-state index contributed by atoms with van der Waals surface area (Å²) < 4.78 is 1.86. The van der Waals surface area contributed by atoms with Crippen LogP contribution < -0.4 is 5.32 Å². The van der Waals surface area contributed by atoms with E-state index in [0.717, 1.165) is 6.54 Å². The van der Waals surface area contributed by atoms with Gasteiger partial charge in [-0.05, 0) is 25.5 Å². The monoisotopic (exact) mass is 151 g/mol. The van der Waals surface area contributed by atoms with E-state index >= 15 is 0 Å². The zero-order valence-electron chi connectivity index (χ0n) is 6.75. The molecule has 0 aliphatic carbocycles. The summed E-state index contributed by atoms with van der Waals surface area (Å²) in [6, 6.07) is 2.60. The van der Waals surface area contributed by atoms with Gasteiger partial charge < -0.3 is 5.32 Å². The number of hydrogen-bond acceptors (Lipinski definition) is 2. The van der Waals surface area contributed by atoms with Gasteiger partial charge in [-0.1, -0.05) is 0 Å². The standard InChI is InChI=1S/C8H13N3/c1-11-6-4-8(10-11)7-3-2-5-9-7/h4,6-7,9H,2-3,5H2,1H3. The Balaban J connectivity index is 2.15. The van der Waals surface area contributed by atoms with Gasteiger partial charge in [-0.15, -0.1) is 0 Å². The van der Waals surface area contributed by atoms with E-state index < -0.39 is 0 Å². The first-order chi connectivity index (χ1) is 5.36. The van der Waals surface area contributed by atoms with Crippen LogP contribution in [0.5, 0.6) is 0 Å². The van der Waals surface area contributed by atoms with Gasteiger partial charge in [0.2, 0.25) is 0 Å². The van der Waals surface area contributed by atoms with Crippen LogP contribution in [0.15, 0.2) is 12.3 Å². The van der Waals surface area contributed by atoms with Gasteiger partial charge in [-0.2, -0.15) is 5.10 Å². The highest BCUT2D eigenvalue weighted by Gasteiger charge is 2.17. The SMILES string of the molecule is Cn1ccc(C2CCCN2)n1. The lowest BCUT2D eigenvalue weighted by Gasteiger charge is -2.04. The molecule has 2 heterocycles. The second-order valence-electron chi connectivity index (χ2n) is 3.06.